The van der Waals surface area contributed by atoms with Crippen molar-refractivity contribution < 1.29 is 78.7 Å². The molecule has 116 heavy (non-hydrogen) atoms. The van der Waals surface area contributed by atoms with Gasteiger partial charge in [0.05, 0.1) is 106 Å². The van der Waals surface area contributed by atoms with Gasteiger partial charge in [0.15, 0.2) is 0 Å². The Labute approximate surface area is 686 Å². The second-order valence-corrected chi connectivity index (χ2v) is 30.5. The van der Waals surface area contributed by atoms with E-state index in [1.165, 1.54) is 0 Å². The van der Waals surface area contributed by atoms with Gasteiger partial charge >= 0.3 is 0 Å². The molecule has 0 saturated heterocycles. The van der Waals surface area contributed by atoms with Gasteiger partial charge in [-0.3, -0.25) is 0 Å². The van der Waals surface area contributed by atoms with Gasteiger partial charge in [-0.1, -0.05) is 142 Å². The molecular formula is C92H128N8O16. The van der Waals surface area contributed by atoms with Crippen molar-refractivity contribution >= 4 is 0 Å². The van der Waals surface area contributed by atoms with Crippen LogP contribution in [0.3, 0.4) is 0 Å². The lowest BCUT2D eigenvalue weighted by Crippen LogP contribution is -2.22. The summed E-state index contributed by atoms with van der Waals surface area (Å²) in [6, 6.07) is 31.5. The second-order valence-electron chi connectivity index (χ2n) is 30.5. The zero-order chi connectivity index (χ0) is 82.6. The molecule has 0 atom stereocenters. The maximum Gasteiger partial charge on any atom is 0.123 e. The van der Waals surface area contributed by atoms with E-state index in [0.717, 1.165) is 134 Å². The standard InChI is InChI=1S/C92H128N8O16/c1-61-33-69-49-70-34-62(2)42-78(86(70)102)54-94-10-18-111-27-28-112-20-12-96-56-80-44-65(5)37-73(89(80)105)51-74-38-66(6)46-82(90(74)106)58-98-14-22-115-31-32-116-24-16-100-60-84-48-68(8)40-76(92(84)108)52-75-39-67(7)47-83(91(75)107)59-99-15-23-114-30-29-113-21-13-97-57-81-45-64(4)36-72(88(81)104)50-71-35-63(3)43-79(87(71)103)55-95-11-19-110-26-25-109-17-9-93-53-77(41-61)85(69)101/h33-48,93-108H,9-32,49-60H2,1-8H3. The smallest absolute Gasteiger partial charge is 0.123 e. The molecule has 24 heteroatoms. The Kier molecular flexibility index (Phi) is 38.6. The first-order chi connectivity index (χ1) is 56.2. The Hall–Kier alpha value is -8.48. The molecule has 1 heterocycles. The Balaban J connectivity index is 0.728. The zero-order valence-electron chi connectivity index (χ0n) is 69.5. The first kappa shape index (κ1) is 91.4. The molecule has 632 valence electrons. The largest absolute Gasteiger partial charge is 0.507 e. The molecule has 9 rings (SSSR count). The summed E-state index contributed by atoms with van der Waals surface area (Å²) in [4.78, 5) is 0. The van der Waals surface area contributed by atoms with Gasteiger partial charge in [0, 0.05) is 175 Å². The second kappa shape index (κ2) is 49.0. The van der Waals surface area contributed by atoms with E-state index >= 15 is 0 Å². The first-order valence-electron chi connectivity index (χ1n) is 41.0. The van der Waals surface area contributed by atoms with Crippen LogP contribution in [0.15, 0.2) is 97.1 Å². The van der Waals surface area contributed by atoms with Crippen LogP contribution in [0.1, 0.15) is 134 Å². The molecule has 16 bridgehead atoms. The minimum Gasteiger partial charge on any atom is -0.507 e. The highest BCUT2D eigenvalue weighted by Crippen LogP contribution is 2.37. The fourth-order valence-electron chi connectivity index (χ4n) is 14.7. The molecule has 16 N–H and O–H groups in total. The lowest BCUT2D eigenvalue weighted by atomic mass is 9.95. The van der Waals surface area contributed by atoms with E-state index in [4.69, 9.17) is 37.9 Å². The zero-order valence-corrected chi connectivity index (χ0v) is 69.5. The number of hydrogen-bond acceptors (Lipinski definition) is 24. The highest BCUT2D eigenvalue weighted by molar-refractivity contribution is 5.55. The molecule has 8 aromatic carbocycles. The van der Waals surface area contributed by atoms with Crippen molar-refractivity contribution in [3.8, 4) is 46.0 Å². The molecule has 1 aliphatic heterocycles. The monoisotopic (exact) mass is 1600 g/mol. The van der Waals surface area contributed by atoms with Crippen molar-refractivity contribution in [2.75, 3.05) is 158 Å². The molecule has 0 unspecified atom stereocenters. The molecule has 0 radical (unpaired) electrons. The van der Waals surface area contributed by atoms with Crippen molar-refractivity contribution in [3.05, 3.63) is 231 Å². The summed E-state index contributed by atoms with van der Waals surface area (Å²) < 4.78 is 46.8. The van der Waals surface area contributed by atoms with Gasteiger partial charge in [-0.2, -0.15) is 0 Å². The molecule has 8 aromatic rings. The quantitative estimate of drug-likeness (QED) is 0.0671. The summed E-state index contributed by atoms with van der Waals surface area (Å²) in [5.41, 5.74) is 20.0. The van der Waals surface area contributed by atoms with Gasteiger partial charge in [-0.15, -0.1) is 0 Å². The number of aromatic hydroxyl groups is 8. The maximum atomic E-state index is 11.5. The van der Waals surface area contributed by atoms with Gasteiger partial charge < -0.3 is 121 Å². The normalized spacial score (nSPS) is 17.2. The Morgan fingerprint density at radius 2 is 0.267 bits per heavy atom. The predicted octanol–water partition coefficient (Wildman–Crippen LogP) is 10.1. The van der Waals surface area contributed by atoms with Gasteiger partial charge in [0.1, 0.15) is 46.0 Å². The summed E-state index contributed by atoms with van der Waals surface area (Å²) in [5.74, 6) is 1.57. The number of hydrogen-bond donors (Lipinski definition) is 16. The lowest BCUT2D eigenvalue weighted by molar-refractivity contribution is 0.0497. The number of phenolic OH excluding ortho intramolecular Hbond substituents is 8. The van der Waals surface area contributed by atoms with E-state index in [-0.39, 0.29) is 46.0 Å². The third-order valence-corrected chi connectivity index (χ3v) is 20.2. The van der Waals surface area contributed by atoms with Crippen LogP contribution in [0.2, 0.25) is 0 Å². The lowest BCUT2D eigenvalue weighted by Gasteiger charge is -2.16. The number of aryl methyl sites for hydroxylation is 8. The van der Waals surface area contributed by atoms with Crippen LogP contribution >= 0.6 is 0 Å². The SMILES string of the molecule is Cc1cc2c(O)c(c1)Cc1cc(C)cc(c1O)CNCCOCCOCCNCc1cc(C)cc(c1O)Cc1cc(C)cc(c1O)CNCCOCCOCCNCc1cc(C)cc(c1O)Cc1cc(C)cc(c1O)CNCCOCCOCCNCc1cc(C)cc(c1O)Cc1cc(C)cc(c1O)CNCCOCCOCCNC2. The van der Waals surface area contributed by atoms with Crippen LogP contribution in [-0.4, -0.2) is 199 Å². The van der Waals surface area contributed by atoms with E-state index in [0.29, 0.717) is 236 Å². The molecular weight excluding hydrogens is 1470 g/mol. The van der Waals surface area contributed by atoms with Crippen molar-refractivity contribution in [1.82, 2.24) is 42.5 Å². The van der Waals surface area contributed by atoms with Crippen molar-refractivity contribution in [2.45, 2.75) is 133 Å². The van der Waals surface area contributed by atoms with Crippen molar-refractivity contribution in [3.63, 3.8) is 0 Å². The van der Waals surface area contributed by atoms with E-state index in [1.54, 1.807) is 0 Å². The number of rotatable bonds is 0. The van der Waals surface area contributed by atoms with Crippen LogP contribution in [0, 0.1) is 55.4 Å². The fourth-order valence-corrected chi connectivity index (χ4v) is 14.7. The summed E-state index contributed by atoms with van der Waals surface area (Å²) in [6.45, 7) is 31.1. The molecule has 0 amide bonds. The minimum absolute atomic E-state index is 0.196. The minimum atomic E-state index is 0.196. The highest BCUT2D eigenvalue weighted by Gasteiger charge is 2.21. The van der Waals surface area contributed by atoms with E-state index < -0.39 is 0 Å². The van der Waals surface area contributed by atoms with Gasteiger partial charge in [-0.05, 0) is 99.9 Å². The number of benzene rings is 8. The number of ether oxygens (including phenoxy) is 8. The molecule has 0 fully saturated rings. The van der Waals surface area contributed by atoms with Crippen LogP contribution in [0.25, 0.3) is 0 Å². The third kappa shape index (κ3) is 30.2. The van der Waals surface area contributed by atoms with Crippen LogP contribution in [-0.2, 0) is 116 Å². The molecule has 0 saturated carbocycles. The number of fused-ring (bicyclic) bond motifs is 16. The maximum absolute atomic E-state index is 11.5. The van der Waals surface area contributed by atoms with E-state index in [9.17, 15) is 40.9 Å². The van der Waals surface area contributed by atoms with Gasteiger partial charge in [0.25, 0.3) is 0 Å². The topological polar surface area (TPSA) is 332 Å². The number of nitrogens with one attached hydrogen (secondary N) is 8. The van der Waals surface area contributed by atoms with Crippen molar-refractivity contribution in [1.29, 1.82) is 0 Å². The molecule has 0 aromatic heterocycles. The third-order valence-electron chi connectivity index (χ3n) is 20.2. The molecule has 24 nitrogen and oxygen atoms in total. The van der Waals surface area contributed by atoms with E-state index in [1.807, 2.05) is 152 Å². The van der Waals surface area contributed by atoms with Gasteiger partial charge in [-0.25, -0.2) is 0 Å². The highest BCUT2D eigenvalue weighted by atomic mass is 16.5. The molecule has 1 aliphatic rings. The van der Waals surface area contributed by atoms with Crippen molar-refractivity contribution in [2.24, 2.45) is 0 Å². The molecule has 0 spiro atoms. The summed E-state index contributed by atoms with van der Waals surface area (Å²) in [7, 11) is 0. The average Bonchev–Trinajstić information content (AvgIpc) is 0.824. The summed E-state index contributed by atoms with van der Waals surface area (Å²) in [5, 5.41) is 119. The van der Waals surface area contributed by atoms with Crippen LogP contribution < -0.4 is 42.5 Å². The Bertz CT molecular complexity index is 3570. The fraction of sp³-hybridized carbons (Fsp3) is 0.478. The predicted molar refractivity (Wildman–Crippen MR) is 454 cm³/mol. The number of phenols is 8. The average molecular weight is 1600 g/mol. The molecule has 0 aliphatic carbocycles. The van der Waals surface area contributed by atoms with Crippen LogP contribution in [0.4, 0.5) is 0 Å². The summed E-state index contributed by atoms with van der Waals surface area (Å²) in [6.07, 6.45) is 1.43. The Morgan fingerprint density at radius 1 is 0.164 bits per heavy atom. The van der Waals surface area contributed by atoms with Crippen LogP contribution in [0.5, 0.6) is 46.0 Å². The summed E-state index contributed by atoms with van der Waals surface area (Å²) >= 11 is 0. The first-order valence-corrected chi connectivity index (χ1v) is 41.0. The van der Waals surface area contributed by atoms with E-state index in [2.05, 4.69) is 42.5 Å². The van der Waals surface area contributed by atoms with Gasteiger partial charge in [0.2, 0.25) is 0 Å². The Morgan fingerprint density at radius 3 is 0.379 bits per heavy atom.